The number of aromatic nitrogens is 3. The summed E-state index contributed by atoms with van der Waals surface area (Å²) in [6.07, 6.45) is 1.62. The SMILES string of the molecule is Cc1c(/C=N/NC(=O)c2cc(-c3ccccc3)nc(=O)[nH]2)c2ccccc2n1C. The molecule has 7 heteroatoms. The molecular weight excluding hydrogens is 366 g/mol. The van der Waals surface area contributed by atoms with Crippen LogP contribution in [-0.4, -0.2) is 26.7 Å². The Morgan fingerprint density at radius 2 is 1.86 bits per heavy atom. The number of nitrogens with zero attached hydrogens (tertiary/aromatic N) is 3. The van der Waals surface area contributed by atoms with E-state index in [0.29, 0.717) is 5.69 Å². The molecule has 4 aromatic rings. The molecule has 2 heterocycles. The summed E-state index contributed by atoms with van der Waals surface area (Å²) in [5, 5.41) is 5.14. The fourth-order valence-electron chi connectivity index (χ4n) is 3.27. The first-order valence-electron chi connectivity index (χ1n) is 9.09. The molecule has 0 aliphatic carbocycles. The Bertz CT molecular complexity index is 1290. The number of H-pyrrole nitrogens is 1. The van der Waals surface area contributed by atoms with Gasteiger partial charge in [0.25, 0.3) is 5.91 Å². The zero-order valence-corrected chi connectivity index (χ0v) is 16.0. The second kappa shape index (κ2) is 7.55. The molecule has 2 aromatic carbocycles. The van der Waals surface area contributed by atoms with Crippen molar-refractivity contribution in [3.8, 4) is 11.3 Å². The van der Waals surface area contributed by atoms with Crippen molar-refractivity contribution in [3.63, 3.8) is 0 Å². The Kier molecular flexibility index (Phi) is 4.78. The number of hydrazone groups is 1. The first-order valence-corrected chi connectivity index (χ1v) is 9.09. The van der Waals surface area contributed by atoms with Crippen LogP contribution in [0.5, 0.6) is 0 Å². The van der Waals surface area contributed by atoms with E-state index in [1.54, 1.807) is 6.21 Å². The third kappa shape index (κ3) is 3.58. The molecule has 0 saturated carbocycles. The summed E-state index contributed by atoms with van der Waals surface area (Å²) in [6.45, 7) is 2.00. The fraction of sp³-hybridized carbons (Fsp3) is 0.0909. The molecule has 0 unspecified atom stereocenters. The zero-order valence-electron chi connectivity index (χ0n) is 16.0. The van der Waals surface area contributed by atoms with Gasteiger partial charge in [0.1, 0.15) is 5.69 Å². The lowest BCUT2D eigenvalue weighted by molar-refractivity contribution is 0.0949. The third-order valence-electron chi connectivity index (χ3n) is 4.87. The number of para-hydroxylation sites is 1. The van der Waals surface area contributed by atoms with Crippen molar-refractivity contribution < 1.29 is 4.79 Å². The number of carbonyl (C=O) groups excluding carboxylic acids is 1. The van der Waals surface area contributed by atoms with Crippen LogP contribution in [-0.2, 0) is 7.05 Å². The largest absolute Gasteiger partial charge is 0.347 e. The Morgan fingerprint density at radius 1 is 1.14 bits per heavy atom. The molecule has 29 heavy (non-hydrogen) atoms. The van der Waals surface area contributed by atoms with Gasteiger partial charge < -0.3 is 9.55 Å². The number of carbonyl (C=O) groups is 1. The van der Waals surface area contributed by atoms with E-state index in [-0.39, 0.29) is 5.69 Å². The highest BCUT2D eigenvalue weighted by molar-refractivity contribution is 6.01. The zero-order chi connectivity index (χ0) is 20.4. The number of hydrogen-bond donors (Lipinski definition) is 2. The lowest BCUT2D eigenvalue weighted by atomic mass is 10.1. The molecule has 144 valence electrons. The highest BCUT2D eigenvalue weighted by atomic mass is 16.2. The number of rotatable bonds is 4. The van der Waals surface area contributed by atoms with Gasteiger partial charge in [-0.05, 0) is 19.1 Å². The minimum Gasteiger partial charge on any atom is -0.347 e. The van der Waals surface area contributed by atoms with Crippen LogP contribution in [0.25, 0.3) is 22.2 Å². The standard InChI is InChI=1S/C22H19N5O2/c1-14-17(16-10-6-7-11-20(16)27(14)2)13-23-26-21(28)19-12-18(24-22(29)25-19)15-8-4-3-5-9-15/h3-13H,1-2H3,(H,26,28)(H,24,25,29)/b23-13+. The van der Waals surface area contributed by atoms with Crippen LogP contribution in [0, 0.1) is 6.92 Å². The lowest BCUT2D eigenvalue weighted by Crippen LogP contribution is -2.24. The lowest BCUT2D eigenvalue weighted by Gasteiger charge is -2.03. The van der Waals surface area contributed by atoms with Crippen LogP contribution in [0.3, 0.4) is 0 Å². The monoisotopic (exact) mass is 385 g/mol. The summed E-state index contributed by atoms with van der Waals surface area (Å²) in [7, 11) is 1.99. The van der Waals surface area contributed by atoms with Gasteiger partial charge in [-0.2, -0.15) is 10.1 Å². The number of hydrogen-bond acceptors (Lipinski definition) is 4. The maximum atomic E-state index is 12.5. The van der Waals surface area contributed by atoms with Gasteiger partial charge in [0.15, 0.2) is 0 Å². The Balaban J connectivity index is 1.59. The van der Waals surface area contributed by atoms with Crippen molar-refractivity contribution in [1.82, 2.24) is 20.0 Å². The highest BCUT2D eigenvalue weighted by Crippen LogP contribution is 2.23. The number of amides is 1. The van der Waals surface area contributed by atoms with Gasteiger partial charge in [-0.3, -0.25) is 4.79 Å². The normalized spacial score (nSPS) is 11.2. The predicted molar refractivity (Wildman–Crippen MR) is 113 cm³/mol. The van der Waals surface area contributed by atoms with Crippen LogP contribution >= 0.6 is 0 Å². The van der Waals surface area contributed by atoms with E-state index >= 15 is 0 Å². The maximum Gasteiger partial charge on any atom is 0.346 e. The van der Waals surface area contributed by atoms with E-state index in [2.05, 4.69) is 25.1 Å². The van der Waals surface area contributed by atoms with Gasteiger partial charge >= 0.3 is 5.69 Å². The van der Waals surface area contributed by atoms with Crippen molar-refractivity contribution in [3.05, 3.63) is 88.1 Å². The smallest absolute Gasteiger partial charge is 0.346 e. The molecule has 0 fully saturated rings. The van der Waals surface area contributed by atoms with E-state index in [0.717, 1.165) is 27.7 Å². The summed E-state index contributed by atoms with van der Waals surface area (Å²) in [5.41, 5.74) is 6.20. The van der Waals surface area contributed by atoms with Gasteiger partial charge in [-0.15, -0.1) is 0 Å². The van der Waals surface area contributed by atoms with Crippen LogP contribution in [0.15, 0.2) is 70.6 Å². The molecule has 0 saturated heterocycles. The average molecular weight is 385 g/mol. The van der Waals surface area contributed by atoms with Crippen LogP contribution < -0.4 is 11.1 Å². The average Bonchev–Trinajstić information content (AvgIpc) is 2.99. The topological polar surface area (TPSA) is 92.1 Å². The van der Waals surface area contributed by atoms with Crippen LogP contribution in [0.1, 0.15) is 21.7 Å². The van der Waals surface area contributed by atoms with Crippen LogP contribution in [0.2, 0.25) is 0 Å². The van der Waals surface area contributed by atoms with E-state index in [1.807, 2.05) is 68.6 Å². The van der Waals surface area contributed by atoms with Crippen LogP contribution in [0.4, 0.5) is 0 Å². The van der Waals surface area contributed by atoms with Gasteiger partial charge in [0.05, 0.1) is 11.9 Å². The summed E-state index contributed by atoms with van der Waals surface area (Å²) < 4.78 is 2.07. The van der Waals surface area contributed by atoms with Crippen molar-refractivity contribution in [2.75, 3.05) is 0 Å². The molecule has 0 radical (unpaired) electrons. The maximum absolute atomic E-state index is 12.5. The van der Waals surface area contributed by atoms with Gasteiger partial charge in [-0.25, -0.2) is 10.2 Å². The molecule has 7 nitrogen and oxygen atoms in total. The Labute approximate surface area is 166 Å². The number of fused-ring (bicyclic) bond motifs is 1. The molecule has 0 aliphatic heterocycles. The number of aryl methyl sites for hydroxylation is 1. The van der Waals surface area contributed by atoms with E-state index in [9.17, 15) is 9.59 Å². The summed E-state index contributed by atoms with van der Waals surface area (Å²) in [6, 6.07) is 18.7. The van der Waals surface area contributed by atoms with Crippen molar-refractivity contribution in [2.24, 2.45) is 12.1 Å². The van der Waals surface area contributed by atoms with Crippen molar-refractivity contribution >= 4 is 23.0 Å². The number of benzene rings is 2. The highest BCUT2D eigenvalue weighted by Gasteiger charge is 2.11. The van der Waals surface area contributed by atoms with Gasteiger partial charge in [-0.1, -0.05) is 48.5 Å². The number of aromatic amines is 1. The van der Waals surface area contributed by atoms with Crippen molar-refractivity contribution in [1.29, 1.82) is 0 Å². The molecule has 1 amide bonds. The first kappa shape index (κ1) is 18.4. The first-order chi connectivity index (χ1) is 14.0. The van der Waals surface area contributed by atoms with Gasteiger partial charge in [0, 0.05) is 34.8 Å². The molecule has 0 aliphatic rings. The summed E-state index contributed by atoms with van der Waals surface area (Å²) in [4.78, 5) is 30.8. The quantitative estimate of drug-likeness (QED) is 0.418. The molecule has 0 bridgehead atoms. The van der Waals surface area contributed by atoms with Gasteiger partial charge in [0.2, 0.25) is 0 Å². The minimum atomic E-state index is -0.592. The molecule has 4 rings (SSSR count). The second-order valence-electron chi connectivity index (χ2n) is 6.63. The molecule has 2 N–H and O–H groups in total. The van der Waals surface area contributed by atoms with E-state index in [1.165, 1.54) is 6.07 Å². The number of nitrogens with one attached hydrogen (secondary N) is 2. The molecule has 2 aromatic heterocycles. The fourth-order valence-corrected chi connectivity index (χ4v) is 3.27. The molecule has 0 spiro atoms. The third-order valence-corrected chi connectivity index (χ3v) is 4.87. The Hall–Kier alpha value is -4.00. The Morgan fingerprint density at radius 3 is 2.66 bits per heavy atom. The van der Waals surface area contributed by atoms with Crippen molar-refractivity contribution in [2.45, 2.75) is 6.92 Å². The minimum absolute atomic E-state index is 0.0932. The summed E-state index contributed by atoms with van der Waals surface area (Å²) >= 11 is 0. The molecule has 0 atom stereocenters. The molecular formula is C22H19N5O2. The summed E-state index contributed by atoms with van der Waals surface area (Å²) in [5.74, 6) is -0.518. The van der Waals surface area contributed by atoms with E-state index in [4.69, 9.17) is 0 Å². The van der Waals surface area contributed by atoms with E-state index < -0.39 is 11.6 Å². The second-order valence-corrected chi connectivity index (χ2v) is 6.63. The predicted octanol–water partition coefficient (Wildman–Crippen LogP) is 3.00.